The number of amides is 2. The molecule has 6 nitrogen and oxygen atoms in total. The third kappa shape index (κ3) is 3.30. The molecule has 2 aliphatic rings. The summed E-state index contributed by atoms with van der Waals surface area (Å²) in [6, 6.07) is 5.54. The average Bonchev–Trinajstić information content (AvgIpc) is 2.88. The summed E-state index contributed by atoms with van der Waals surface area (Å²) in [7, 11) is 1.67. The monoisotopic (exact) mass is 332 g/mol. The van der Waals surface area contributed by atoms with Gasteiger partial charge in [0.15, 0.2) is 0 Å². The van der Waals surface area contributed by atoms with Crippen LogP contribution in [0.15, 0.2) is 18.2 Å². The lowest BCUT2D eigenvalue weighted by atomic mass is 9.70. The van der Waals surface area contributed by atoms with Crippen LogP contribution in [0.1, 0.15) is 40.7 Å². The van der Waals surface area contributed by atoms with Crippen LogP contribution >= 0.6 is 0 Å². The van der Waals surface area contributed by atoms with Crippen molar-refractivity contribution in [2.75, 3.05) is 26.8 Å². The van der Waals surface area contributed by atoms with Crippen molar-refractivity contribution in [3.05, 3.63) is 34.9 Å². The van der Waals surface area contributed by atoms with Gasteiger partial charge in [-0.2, -0.15) is 0 Å². The fourth-order valence-electron chi connectivity index (χ4n) is 4.00. The maximum absolute atomic E-state index is 12.4. The largest absolute Gasteiger partial charge is 0.385 e. The highest BCUT2D eigenvalue weighted by Crippen LogP contribution is 2.43. The molecule has 6 heteroatoms. The number of carbonyl (C=O) groups excluding carboxylic acids is 2. The first kappa shape index (κ1) is 16.9. The highest BCUT2D eigenvalue weighted by Gasteiger charge is 2.44. The number of hydrogen-bond acceptors (Lipinski definition) is 4. The minimum absolute atomic E-state index is 0.0224. The number of fused-ring (bicyclic) bond motifs is 1. The second-order valence-electron chi connectivity index (χ2n) is 6.94. The summed E-state index contributed by atoms with van der Waals surface area (Å²) in [5.41, 5.74) is 4.47. The number of rotatable bonds is 5. The lowest BCUT2D eigenvalue weighted by Gasteiger charge is -2.34. The molecular formula is C18H24N2O4. The standard InChI is InChI=1S/C18H24N2O4/c1-24-8-2-7-20-12-18(11-16(20)21)6-5-13-3-4-14(17(22)19-23)9-15(13)10-18/h3-4,9,23H,2,5-8,10-12H2,1H3,(H,19,22)/t18-/m0/s1. The third-order valence-corrected chi connectivity index (χ3v) is 5.24. The van der Waals surface area contributed by atoms with Crippen LogP contribution in [-0.2, 0) is 22.4 Å². The molecular weight excluding hydrogens is 308 g/mol. The van der Waals surface area contributed by atoms with E-state index in [9.17, 15) is 9.59 Å². The molecule has 1 aromatic carbocycles. The van der Waals surface area contributed by atoms with Gasteiger partial charge >= 0.3 is 0 Å². The Labute approximate surface area is 141 Å². The summed E-state index contributed by atoms with van der Waals surface area (Å²) in [5, 5.41) is 8.81. The summed E-state index contributed by atoms with van der Waals surface area (Å²) in [5.74, 6) is -0.278. The molecule has 2 N–H and O–H groups in total. The molecule has 1 spiro atoms. The Kier molecular flexibility index (Phi) is 4.87. The van der Waals surface area contributed by atoms with Gasteiger partial charge in [-0.25, -0.2) is 5.48 Å². The molecule has 0 unspecified atom stereocenters. The smallest absolute Gasteiger partial charge is 0.274 e. The maximum atomic E-state index is 12.4. The summed E-state index contributed by atoms with van der Waals surface area (Å²) >= 11 is 0. The first-order chi connectivity index (χ1) is 11.6. The zero-order valence-corrected chi connectivity index (χ0v) is 14.0. The van der Waals surface area contributed by atoms with E-state index in [0.29, 0.717) is 18.6 Å². The number of methoxy groups -OCH3 is 1. The van der Waals surface area contributed by atoms with E-state index in [2.05, 4.69) is 0 Å². The second kappa shape index (κ2) is 6.91. The molecule has 0 bridgehead atoms. The van der Waals surface area contributed by atoms with Crippen LogP contribution in [0.3, 0.4) is 0 Å². The zero-order valence-electron chi connectivity index (χ0n) is 14.0. The molecule has 0 radical (unpaired) electrons. The SMILES string of the molecule is COCCCN1C[C@]2(CCc3ccc(C(=O)NO)cc3C2)CC1=O. The Balaban J connectivity index is 1.74. The first-order valence-electron chi connectivity index (χ1n) is 8.40. The van der Waals surface area contributed by atoms with Gasteiger partial charge in [-0.15, -0.1) is 0 Å². The quantitative estimate of drug-likeness (QED) is 0.487. The van der Waals surface area contributed by atoms with Crippen molar-refractivity contribution in [3.8, 4) is 0 Å². The number of likely N-dealkylation sites (tertiary alicyclic amines) is 1. The van der Waals surface area contributed by atoms with E-state index in [1.54, 1.807) is 18.7 Å². The predicted molar refractivity (Wildman–Crippen MR) is 87.8 cm³/mol. The molecule has 1 atom stereocenters. The molecule has 24 heavy (non-hydrogen) atoms. The average molecular weight is 332 g/mol. The van der Waals surface area contributed by atoms with Gasteiger partial charge in [0.1, 0.15) is 0 Å². The van der Waals surface area contributed by atoms with Crippen LogP contribution in [0.2, 0.25) is 0 Å². The molecule has 1 heterocycles. The van der Waals surface area contributed by atoms with Crippen molar-refractivity contribution in [2.45, 2.75) is 32.1 Å². The summed E-state index contributed by atoms with van der Waals surface area (Å²) in [6.45, 7) is 2.19. The number of ether oxygens (including phenoxy) is 1. The van der Waals surface area contributed by atoms with Crippen molar-refractivity contribution in [1.29, 1.82) is 0 Å². The highest BCUT2D eigenvalue weighted by atomic mass is 16.5. The predicted octanol–water partition coefficient (Wildman–Crippen LogP) is 1.55. The van der Waals surface area contributed by atoms with E-state index in [4.69, 9.17) is 9.94 Å². The van der Waals surface area contributed by atoms with Gasteiger partial charge in [0.2, 0.25) is 5.91 Å². The van der Waals surface area contributed by atoms with Crippen LogP contribution in [0.5, 0.6) is 0 Å². The fraction of sp³-hybridized carbons (Fsp3) is 0.556. The lowest BCUT2D eigenvalue weighted by molar-refractivity contribution is -0.127. The molecule has 0 saturated carbocycles. The third-order valence-electron chi connectivity index (χ3n) is 5.24. The number of aryl methyl sites for hydroxylation is 1. The van der Waals surface area contributed by atoms with E-state index in [0.717, 1.165) is 44.3 Å². The molecule has 130 valence electrons. The van der Waals surface area contributed by atoms with Gasteiger partial charge in [0.05, 0.1) is 0 Å². The number of benzene rings is 1. The summed E-state index contributed by atoms with van der Waals surface area (Å²) in [4.78, 5) is 25.9. The minimum Gasteiger partial charge on any atom is -0.385 e. The summed E-state index contributed by atoms with van der Waals surface area (Å²) < 4.78 is 5.07. The molecule has 0 aromatic heterocycles. The molecule has 1 aromatic rings. The fourth-order valence-corrected chi connectivity index (χ4v) is 4.00. The van der Waals surface area contributed by atoms with Crippen molar-refractivity contribution in [1.82, 2.24) is 10.4 Å². The number of carbonyl (C=O) groups is 2. The van der Waals surface area contributed by atoms with Gasteiger partial charge in [-0.3, -0.25) is 14.8 Å². The van der Waals surface area contributed by atoms with Gasteiger partial charge in [-0.1, -0.05) is 6.07 Å². The number of nitrogens with zero attached hydrogens (tertiary/aromatic N) is 1. The Morgan fingerprint density at radius 3 is 2.96 bits per heavy atom. The molecule has 1 aliphatic carbocycles. The maximum Gasteiger partial charge on any atom is 0.274 e. The number of hydrogen-bond donors (Lipinski definition) is 2. The molecule has 1 saturated heterocycles. The minimum atomic E-state index is -0.499. The topological polar surface area (TPSA) is 78.9 Å². The zero-order chi connectivity index (χ0) is 17.2. The second-order valence-corrected chi connectivity index (χ2v) is 6.94. The first-order valence-corrected chi connectivity index (χ1v) is 8.40. The number of hydroxylamine groups is 1. The van der Waals surface area contributed by atoms with Crippen LogP contribution in [0.4, 0.5) is 0 Å². The Morgan fingerprint density at radius 1 is 1.38 bits per heavy atom. The lowest BCUT2D eigenvalue weighted by Crippen LogP contribution is -2.34. The Hall–Kier alpha value is -1.92. The highest BCUT2D eigenvalue weighted by molar-refractivity contribution is 5.93. The van der Waals surface area contributed by atoms with E-state index in [-0.39, 0.29) is 11.3 Å². The molecule has 1 fully saturated rings. The van der Waals surface area contributed by atoms with Crippen LogP contribution in [0.25, 0.3) is 0 Å². The van der Waals surface area contributed by atoms with Crippen LogP contribution in [-0.4, -0.2) is 48.7 Å². The van der Waals surface area contributed by atoms with Crippen LogP contribution in [0, 0.1) is 5.41 Å². The van der Waals surface area contributed by atoms with E-state index in [1.165, 1.54) is 5.56 Å². The van der Waals surface area contributed by atoms with Crippen molar-refractivity contribution < 1.29 is 19.5 Å². The number of nitrogens with one attached hydrogen (secondary N) is 1. The summed E-state index contributed by atoms with van der Waals surface area (Å²) in [6.07, 6.45) is 4.17. The normalized spacial score (nSPS) is 22.8. The van der Waals surface area contributed by atoms with Gasteiger partial charge in [0.25, 0.3) is 5.91 Å². The molecule has 2 amide bonds. The van der Waals surface area contributed by atoms with Crippen LogP contribution < -0.4 is 5.48 Å². The van der Waals surface area contributed by atoms with E-state index >= 15 is 0 Å². The Morgan fingerprint density at radius 2 is 2.21 bits per heavy atom. The van der Waals surface area contributed by atoms with Crippen molar-refractivity contribution in [3.63, 3.8) is 0 Å². The van der Waals surface area contributed by atoms with E-state index in [1.807, 2.05) is 17.0 Å². The van der Waals surface area contributed by atoms with Crippen molar-refractivity contribution >= 4 is 11.8 Å². The molecule has 1 aliphatic heterocycles. The van der Waals surface area contributed by atoms with Crippen molar-refractivity contribution in [2.24, 2.45) is 5.41 Å². The van der Waals surface area contributed by atoms with E-state index < -0.39 is 5.91 Å². The van der Waals surface area contributed by atoms with Gasteiger partial charge < -0.3 is 9.64 Å². The molecule has 3 rings (SSSR count). The Bertz CT molecular complexity index is 646. The van der Waals surface area contributed by atoms with Gasteiger partial charge in [-0.05, 0) is 48.9 Å². The van der Waals surface area contributed by atoms with Gasteiger partial charge in [0, 0.05) is 44.2 Å².